The molecule has 1 saturated carbocycles. The molecule has 1 aliphatic carbocycles. The molecular weight excluding hydrogens is 318 g/mol. The summed E-state index contributed by atoms with van der Waals surface area (Å²) in [7, 11) is 1.57. The fraction of sp³-hybridized carbons (Fsp3) is 0.526. The van der Waals surface area contributed by atoms with E-state index in [0.717, 1.165) is 37.2 Å². The number of ether oxygens (including phenoxy) is 1. The minimum atomic E-state index is -0.129. The molecule has 0 aliphatic heterocycles. The highest BCUT2D eigenvalue weighted by Gasteiger charge is 2.31. The van der Waals surface area contributed by atoms with Crippen LogP contribution in [0.5, 0.6) is 0 Å². The third-order valence-corrected chi connectivity index (χ3v) is 4.90. The molecule has 0 atom stereocenters. The fourth-order valence-electron chi connectivity index (χ4n) is 3.22. The SMILES string of the molecule is COCc1nnc(-c2cccc(C(=O)NC3(C)CCC(C)CC3)c2)o1. The van der Waals surface area contributed by atoms with Crippen molar-refractivity contribution in [3.63, 3.8) is 0 Å². The number of carbonyl (C=O) groups excluding carboxylic acids is 1. The van der Waals surface area contributed by atoms with Crippen LogP contribution in [0.15, 0.2) is 28.7 Å². The van der Waals surface area contributed by atoms with Crippen LogP contribution >= 0.6 is 0 Å². The molecule has 1 aromatic carbocycles. The number of nitrogens with one attached hydrogen (secondary N) is 1. The monoisotopic (exact) mass is 343 g/mol. The number of methoxy groups -OCH3 is 1. The van der Waals surface area contributed by atoms with Gasteiger partial charge in [-0.05, 0) is 56.7 Å². The number of rotatable bonds is 5. The zero-order chi connectivity index (χ0) is 17.9. The van der Waals surface area contributed by atoms with E-state index in [1.165, 1.54) is 0 Å². The molecular formula is C19H25N3O3. The zero-order valence-corrected chi connectivity index (χ0v) is 15.0. The number of hydrogen-bond donors (Lipinski definition) is 1. The zero-order valence-electron chi connectivity index (χ0n) is 15.0. The lowest BCUT2D eigenvalue weighted by Crippen LogP contribution is -2.48. The molecule has 1 fully saturated rings. The minimum Gasteiger partial charge on any atom is -0.418 e. The quantitative estimate of drug-likeness (QED) is 0.898. The highest BCUT2D eigenvalue weighted by Crippen LogP contribution is 2.31. The van der Waals surface area contributed by atoms with Gasteiger partial charge in [0.25, 0.3) is 5.91 Å². The van der Waals surface area contributed by atoms with Gasteiger partial charge in [-0.15, -0.1) is 10.2 Å². The Morgan fingerprint density at radius 3 is 2.84 bits per heavy atom. The first-order valence-electron chi connectivity index (χ1n) is 8.73. The van der Waals surface area contributed by atoms with Crippen LogP contribution in [0.1, 0.15) is 55.8 Å². The highest BCUT2D eigenvalue weighted by atomic mass is 16.5. The fourth-order valence-corrected chi connectivity index (χ4v) is 3.22. The summed E-state index contributed by atoms with van der Waals surface area (Å²) in [6.07, 6.45) is 4.34. The molecule has 6 nitrogen and oxygen atoms in total. The van der Waals surface area contributed by atoms with Gasteiger partial charge in [-0.25, -0.2) is 0 Å². The normalized spacial score (nSPS) is 23.4. The Bertz CT molecular complexity index is 733. The second-order valence-corrected chi connectivity index (χ2v) is 7.21. The van der Waals surface area contributed by atoms with Gasteiger partial charge in [-0.2, -0.15) is 0 Å². The molecule has 3 rings (SSSR count). The van der Waals surface area contributed by atoms with Crippen LogP contribution < -0.4 is 5.32 Å². The van der Waals surface area contributed by atoms with Crippen LogP contribution in [0.2, 0.25) is 0 Å². The summed E-state index contributed by atoms with van der Waals surface area (Å²) in [6.45, 7) is 4.67. The second-order valence-electron chi connectivity index (χ2n) is 7.21. The van der Waals surface area contributed by atoms with Crippen molar-refractivity contribution in [2.75, 3.05) is 7.11 Å². The summed E-state index contributed by atoms with van der Waals surface area (Å²) in [5, 5.41) is 11.2. The van der Waals surface area contributed by atoms with E-state index in [9.17, 15) is 4.79 Å². The maximum atomic E-state index is 12.7. The molecule has 6 heteroatoms. The molecule has 1 heterocycles. The molecule has 0 bridgehead atoms. The first-order chi connectivity index (χ1) is 12.0. The van der Waals surface area contributed by atoms with Crippen LogP contribution in [0.4, 0.5) is 0 Å². The molecule has 0 saturated heterocycles. The first kappa shape index (κ1) is 17.6. The summed E-state index contributed by atoms with van der Waals surface area (Å²) < 4.78 is 10.5. The number of benzene rings is 1. The second kappa shape index (κ2) is 7.35. The van der Waals surface area contributed by atoms with Gasteiger partial charge in [0.2, 0.25) is 11.8 Å². The van der Waals surface area contributed by atoms with E-state index in [2.05, 4.69) is 29.4 Å². The number of nitrogens with zero attached hydrogens (tertiary/aromatic N) is 2. The Labute approximate surface area is 148 Å². The molecule has 0 unspecified atom stereocenters. The number of hydrogen-bond acceptors (Lipinski definition) is 5. The molecule has 1 amide bonds. The van der Waals surface area contributed by atoms with Crippen LogP contribution in [-0.2, 0) is 11.3 Å². The summed E-state index contributed by atoms with van der Waals surface area (Å²) in [6, 6.07) is 7.27. The number of carbonyl (C=O) groups is 1. The van der Waals surface area contributed by atoms with Crippen molar-refractivity contribution in [3.05, 3.63) is 35.7 Å². The van der Waals surface area contributed by atoms with E-state index in [0.29, 0.717) is 17.3 Å². The van der Waals surface area contributed by atoms with Crippen LogP contribution in [0.3, 0.4) is 0 Å². The third-order valence-electron chi connectivity index (χ3n) is 4.90. The summed E-state index contributed by atoms with van der Waals surface area (Å²) in [5.41, 5.74) is 1.20. The van der Waals surface area contributed by atoms with Gasteiger partial charge >= 0.3 is 0 Å². The largest absolute Gasteiger partial charge is 0.418 e. The van der Waals surface area contributed by atoms with E-state index >= 15 is 0 Å². The number of aromatic nitrogens is 2. The number of amides is 1. The Morgan fingerprint density at radius 2 is 2.12 bits per heavy atom. The molecule has 134 valence electrons. The first-order valence-corrected chi connectivity index (χ1v) is 8.73. The van der Waals surface area contributed by atoms with Crippen molar-refractivity contribution in [2.45, 2.75) is 51.7 Å². The topological polar surface area (TPSA) is 77.2 Å². The molecule has 1 aromatic heterocycles. The van der Waals surface area contributed by atoms with Crippen LogP contribution in [-0.4, -0.2) is 28.8 Å². The Morgan fingerprint density at radius 1 is 1.36 bits per heavy atom. The third kappa shape index (κ3) is 4.25. The van der Waals surface area contributed by atoms with Gasteiger partial charge in [0.15, 0.2) is 0 Å². The lowest BCUT2D eigenvalue weighted by atomic mass is 9.78. The van der Waals surface area contributed by atoms with Crippen molar-refractivity contribution in [3.8, 4) is 11.5 Å². The van der Waals surface area contributed by atoms with Gasteiger partial charge < -0.3 is 14.5 Å². The highest BCUT2D eigenvalue weighted by molar-refractivity contribution is 5.95. The van der Waals surface area contributed by atoms with Gasteiger partial charge in [-0.1, -0.05) is 13.0 Å². The van der Waals surface area contributed by atoms with Crippen molar-refractivity contribution >= 4 is 5.91 Å². The molecule has 0 radical (unpaired) electrons. The van der Waals surface area contributed by atoms with Crippen LogP contribution in [0, 0.1) is 5.92 Å². The average molecular weight is 343 g/mol. The lowest BCUT2D eigenvalue weighted by Gasteiger charge is -2.37. The van der Waals surface area contributed by atoms with Gasteiger partial charge in [-0.3, -0.25) is 4.79 Å². The van der Waals surface area contributed by atoms with E-state index < -0.39 is 0 Å². The van der Waals surface area contributed by atoms with Gasteiger partial charge in [0.1, 0.15) is 6.61 Å². The van der Waals surface area contributed by atoms with Crippen LogP contribution in [0.25, 0.3) is 11.5 Å². The predicted octanol–water partition coefficient (Wildman–Crippen LogP) is 3.58. The predicted molar refractivity (Wildman–Crippen MR) is 94.0 cm³/mol. The van der Waals surface area contributed by atoms with Crippen molar-refractivity contribution in [1.29, 1.82) is 0 Å². The standard InChI is InChI=1S/C19H25N3O3/c1-13-7-9-19(2,10-8-13)20-17(23)14-5-4-6-15(11-14)18-22-21-16(25-18)12-24-3/h4-6,11,13H,7-10,12H2,1-3H3,(H,20,23). The molecule has 2 aromatic rings. The van der Waals surface area contributed by atoms with Crippen molar-refractivity contribution in [2.24, 2.45) is 5.92 Å². The van der Waals surface area contributed by atoms with E-state index in [1.807, 2.05) is 12.1 Å². The maximum Gasteiger partial charge on any atom is 0.251 e. The summed E-state index contributed by atoms with van der Waals surface area (Å²) in [4.78, 5) is 12.7. The Kier molecular flexibility index (Phi) is 5.18. The minimum absolute atomic E-state index is 0.0597. The summed E-state index contributed by atoms with van der Waals surface area (Å²) in [5.74, 6) is 1.48. The van der Waals surface area contributed by atoms with E-state index in [1.54, 1.807) is 19.2 Å². The van der Waals surface area contributed by atoms with Crippen molar-refractivity contribution < 1.29 is 13.9 Å². The Hall–Kier alpha value is -2.21. The lowest BCUT2D eigenvalue weighted by molar-refractivity contribution is 0.0870. The molecule has 0 spiro atoms. The smallest absolute Gasteiger partial charge is 0.251 e. The van der Waals surface area contributed by atoms with E-state index in [4.69, 9.17) is 9.15 Å². The molecule has 1 N–H and O–H groups in total. The maximum absolute atomic E-state index is 12.7. The van der Waals surface area contributed by atoms with Crippen molar-refractivity contribution in [1.82, 2.24) is 15.5 Å². The van der Waals surface area contributed by atoms with Gasteiger partial charge in [0.05, 0.1) is 0 Å². The van der Waals surface area contributed by atoms with Gasteiger partial charge in [0, 0.05) is 23.8 Å². The summed E-state index contributed by atoms with van der Waals surface area (Å²) >= 11 is 0. The van der Waals surface area contributed by atoms with E-state index in [-0.39, 0.29) is 18.1 Å². The average Bonchev–Trinajstić information content (AvgIpc) is 3.07. The molecule has 25 heavy (non-hydrogen) atoms. The Balaban J connectivity index is 1.73. The molecule has 1 aliphatic rings.